The first-order valence-electron chi connectivity index (χ1n) is 9.45. The summed E-state index contributed by atoms with van der Waals surface area (Å²) in [6, 6.07) is 17.8. The van der Waals surface area contributed by atoms with Crippen LogP contribution in [-0.4, -0.2) is 27.5 Å². The number of rotatable bonds is 5. The van der Waals surface area contributed by atoms with Crippen molar-refractivity contribution in [3.63, 3.8) is 0 Å². The lowest BCUT2D eigenvalue weighted by atomic mass is 10.1. The summed E-state index contributed by atoms with van der Waals surface area (Å²) in [4.78, 5) is 49.8. The van der Waals surface area contributed by atoms with Crippen LogP contribution in [0.15, 0.2) is 66.7 Å². The van der Waals surface area contributed by atoms with Gasteiger partial charge in [0, 0.05) is 22.9 Å². The first-order chi connectivity index (χ1) is 14.8. The van der Waals surface area contributed by atoms with Crippen LogP contribution in [0.3, 0.4) is 0 Å². The zero-order valence-corrected chi connectivity index (χ0v) is 16.5. The van der Waals surface area contributed by atoms with Gasteiger partial charge in [-0.05, 0) is 36.8 Å². The Hall–Kier alpha value is -4.33. The molecule has 0 atom stereocenters. The molecule has 3 aromatic carbocycles. The molecular formula is C23H17N3O5. The van der Waals surface area contributed by atoms with E-state index in [-0.39, 0.29) is 34.6 Å². The summed E-state index contributed by atoms with van der Waals surface area (Å²) in [5, 5.41) is 13.7. The number of aryl methyl sites for hydroxylation is 1. The standard InChI is InChI=1S/C23H17N3O5/c1-14-7-9-17(12-20(14)26(30)31)24-21(27)16-8-10-18-19(11-16)23(29)25(22(18)28)13-15-5-3-2-4-6-15/h2-12H,13H2,1H3,(H,24,27). The topological polar surface area (TPSA) is 110 Å². The maximum atomic E-state index is 12.8. The van der Waals surface area contributed by atoms with Crippen molar-refractivity contribution in [2.24, 2.45) is 0 Å². The van der Waals surface area contributed by atoms with Crippen molar-refractivity contribution >= 4 is 29.1 Å². The molecule has 0 spiro atoms. The van der Waals surface area contributed by atoms with Gasteiger partial charge >= 0.3 is 0 Å². The number of carbonyl (C=O) groups is 3. The van der Waals surface area contributed by atoms with Crippen molar-refractivity contribution in [1.29, 1.82) is 0 Å². The molecule has 8 heteroatoms. The van der Waals surface area contributed by atoms with Crippen LogP contribution in [0.4, 0.5) is 11.4 Å². The number of anilines is 1. The minimum Gasteiger partial charge on any atom is -0.322 e. The van der Waals surface area contributed by atoms with Crippen molar-refractivity contribution in [1.82, 2.24) is 4.90 Å². The molecule has 0 unspecified atom stereocenters. The van der Waals surface area contributed by atoms with Gasteiger partial charge in [0.05, 0.1) is 22.6 Å². The van der Waals surface area contributed by atoms with Crippen LogP contribution in [0.5, 0.6) is 0 Å². The van der Waals surface area contributed by atoms with Crippen LogP contribution < -0.4 is 5.32 Å². The number of nitrogens with one attached hydrogen (secondary N) is 1. The third kappa shape index (κ3) is 3.78. The van der Waals surface area contributed by atoms with Crippen LogP contribution in [-0.2, 0) is 6.54 Å². The fraction of sp³-hybridized carbons (Fsp3) is 0.0870. The predicted octanol–water partition coefficient (Wildman–Crippen LogP) is 3.95. The molecule has 0 bridgehead atoms. The van der Waals surface area contributed by atoms with Crippen molar-refractivity contribution in [2.75, 3.05) is 5.32 Å². The van der Waals surface area contributed by atoms with Gasteiger partial charge in [-0.15, -0.1) is 0 Å². The fourth-order valence-corrected chi connectivity index (χ4v) is 3.43. The van der Waals surface area contributed by atoms with E-state index in [4.69, 9.17) is 0 Å². The SMILES string of the molecule is Cc1ccc(NC(=O)c2ccc3c(c2)C(=O)N(Cc2ccccc2)C3=O)cc1[N+](=O)[O-]. The number of nitro groups is 1. The number of benzene rings is 3. The van der Waals surface area contributed by atoms with E-state index in [0.29, 0.717) is 5.56 Å². The molecule has 8 nitrogen and oxygen atoms in total. The zero-order valence-electron chi connectivity index (χ0n) is 16.5. The fourth-order valence-electron chi connectivity index (χ4n) is 3.43. The zero-order chi connectivity index (χ0) is 22.1. The molecule has 154 valence electrons. The number of carbonyl (C=O) groups excluding carboxylic acids is 3. The first-order valence-corrected chi connectivity index (χ1v) is 9.45. The quantitative estimate of drug-likeness (QED) is 0.385. The number of hydrogen-bond acceptors (Lipinski definition) is 5. The number of hydrogen-bond donors (Lipinski definition) is 1. The number of nitrogens with zero attached hydrogens (tertiary/aromatic N) is 2. The van der Waals surface area contributed by atoms with E-state index in [1.807, 2.05) is 30.3 Å². The highest BCUT2D eigenvalue weighted by Crippen LogP contribution is 2.27. The molecule has 4 rings (SSSR count). The van der Waals surface area contributed by atoms with Crippen LogP contribution in [0.2, 0.25) is 0 Å². The van der Waals surface area contributed by atoms with Crippen molar-refractivity contribution in [3.8, 4) is 0 Å². The molecule has 3 amide bonds. The lowest BCUT2D eigenvalue weighted by Gasteiger charge is -2.13. The smallest absolute Gasteiger partial charge is 0.274 e. The van der Waals surface area contributed by atoms with E-state index in [1.54, 1.807) is 19.1 Å². The predicted molar refractivity (Wildman–Crippen MR) is 113 cm³/mol. The second-order valence-corrected chi connectivity index (χ2v) is 7.15. The molecule has 3 aromatic rings. The number of fused-ring (bicyclic) bond motifs is 1. The van der Waals surface area contributed by atoms with Gasteiger partial charge in [0.25, 0.3) is 23.4 Å². The highest BCUT2D eigenvalue weighted by atomic mass is 16.6. The van der Waals surface area contributed by atoms with Gasteiger partial charge in [0.2, 0.25) is 0 Å². The van der Waals surface area contributed by atoms with Gasteiger partial charge < -0.3 is 5.32 Å². The Bertz CT molecular complexity index is 1240. The number of imide groups is 1. The largest absolute Gasteiger partial charge is 0.322 e. The van der Waals surface area contributed by atoms with Gasteiger partial charge in [-0.2, -0.15) is 0 Å². The van der Waals surface area contributed by atoms with Crippen LogP contribution in [0.25, 0.3) is 0 Å². The summed E-state index contributed by atoms with van der Waals surface area (Å²) in [5.74, 6) is -1.42. The maximum absolute atomic E-state index is 12.8. The molecule has 0 fully saturated rings. The van der Waals surface area contributed by atoms with E-state index in [1.165, 1.54) is 24.3 Å². The molecule has 31 heavy (non-hydrogen) atoms. The van der Waals surface area contributed by atoms with E-state index in [2.05, 4.69) is 5.32 Å². The molecule has 0 saturated carbocycles. The number of amides is 3. The minimum atomic E-state index is -0.539. The van der Waals surface area contributed by atoms with E-state index in [9.17, 15) is 24.5 Å². The molecule has 1 heterocycles. The lowest BCUT2D eigenvalue weighted by Crippen LogP contribution is -2.29. The van der Waals surface area contributed by atoms with E-state index >= 15 is 0 Å². The second kappa shape index (κ2) is 7.83. The molecule has 1 aliphatic rings. The molecule has 0 aliphatic carbocycles. The van der Waals surface area contributed by atoms with Crippen molar-refractivity contribution in [2.45, 2.75) is 13.5 Å². The Morgan fingerprint density at radius 3 is 2.39 bits per heavy atom. The van der Waals surface area contributed by atoms with Gasteiger partial charge in [0.15, 0.2) is 0 Å². The number of nitro benzene ring substituents is 1. The normalized spacial score (nSPS) is 12.6. The second-order valence-electron chi connectivity index (χ2n) is 7.15. The molecule has 0 radical (unpaired) electrons. The van der Waals surface area contributed by atoms with Crippen LogP contribution >= 0.6 is 0 Å². The van der Waals surface area contributed by atoms with E-state index < -0.39 is 22.6 Å². The summed E-state index contributed by atoms with van der Waals surface area (Å²) < 4.78 is 0. The lowest BCUT2D eigenvalue weighted by molar-refractivity contribution is -0.385. The van der Waals surface area contributed by atoms with E-state index in [0.717, 1.165) is 10.5 Å². The average molecular weight is 415 g/mol. The summed E-state index contributed by atoms with van der Waals surface area (Å²) in [6.45, 7) is 1.75. The summed E-state index contributed by atoms with van der Waals surface area (Å²) in [5.41, 5.74) is 2.01. The van der Waals surface area contributed by atoms with Crippen molar-refractivity contribution < 1.29 is 19.3 Å². The summed E-state index contributed by atoms with van der Waals surface area (Å²) in [7, 11) is 0. The monoisotopic (exact) mass is 415 g/mol. The third-order valence-electron chi connectivity index (χ3n) is 5.08. The Kier molecular flexibility index (Phi) is 5.04. The minimum absolute atomic E-state index is 0.107. The maximum Gasteiger partial charge on any atom is 0.274 e. The Labute approximate surface area is 177 Å². The molecule has 0 aromatic heterocycles. The Morgan fingerprint density at radius 1 is 0.968 bits per heavy atom. The Morgan fingerprint density at radius 2 is 1.68 bits per heavy atom. The third-order valence-corrected chi connectivity index (χ3v) is 5.08. The van der Waals surface area contributed by atoms with Crippen LogP contribution in [0.1, 0.15) is 42.2 Å². The summed E-state index contributed by atoms with van der Waals surface area (Å²) in [6.07, 6.45) is 0. The van der Waals surface area contributed by atoms with Crippen LogP contribution in [0, 0.1) is 17.0 Å². The van der Waals surface area contributed by atoms with Crippen molar-refractivity contribution in [3.05, 3.63) is 105 Å². The first kappa shape index (κ1) is 20.0. The Balaban J connectivity index is 1.56. The van der Waals surface area contributed by atoms with Gasteiger partial charge in [-0.1, -0.05) is 36.4 Å². The molecule has 0 saturated heterocycles. The summed E-state index contributed by atoms with van der Waals surface area (Å²) >= 11 is 0. The molecular weight excluding hydrogens is 398 g/mol. The average Bonchev–Trinajstić information content (AvgIpc) is 3.00. The van der Waals surface area contributed by atoms with Gasteiger partial charge in [-0.25, -0.2) is 0 Å². The highest BCUT2D eigenvalue weighted by molar-refractivity contribution is 6.22. The van der Waals surface area contributed by atoms with Gasteiger partial charge in [0.1, 0.15) is 0 Å². The molecule has 1 N–H and O–H groups in total. The molecule has 1 aliphatic heterocycles. The highest BCUT2D eigenvalue weighted by Gasteiger charge is 2.36. The van der Waals surface area contributed by atoms with Gasteiger partial charge in [-0.3, -0.25) is 29.4 Å².